The molecule has 0 saturated heterocycles. The van der Waals surface area contributed by atoms with Crippen LogP contribution in [0.4, 0.5) is 10.2 Å². The van der Waals surface area contributed by atoms with Crippen LogP contribution in [0.25, 0.3) is 10.9 Å². The number of halogens is 2. The second-order valence-corrected chi connectivity index (χ2v) is 6.92. The maximum absolute atomic E-state index is 14.8. The fourth-order valence-corrected chi connectivity index (χ4v) is 3.52. The molecule has 4 rings (SSSR count). The number of H-pyrrole nitrogens is 1. The molecule has 0 aliphatic heterocycles. The minimum atomic E-state index is -0.723. The van der Waals surface area contributed by atoms with Gasteiger partial charge in [-0.15, -0.1) is 0 Å². The molecule has 0 aliphatic carbocycles. The Bertz CT molecular complexity index is 1130. The molecule has 3 N–H and O–H groups in total. The van der Waals surface area contributed by atoms with Crippen LogP contribution in [0.5, 0.6) is 5.75 Å². The van der Waals surface area contributed by atoms with Gasteiger partial charge in [0, 0.05) is 22.7 Å². The summed E-state index contributed by atoms with van der Waals surface area (Å²) in [7, 11) is 0. The Kier molecular flexibility index (Phi) is 4.84. The van der Waals surface area contributed by atoms with Crippen LogP contribution in [0.15, 0.2) is 66.9 Å². The molecule has 0 bridgehead atoms. The van der Waals surface area contributed by atoms with E-state index in [-0.39, 0.29) is 16.3 Å². The first-order valence-corrected chi connectivity index (χ1v) is 9.19. The van der Waals surface area contributed by atoms with Crippen molar-refractivity contribution in [1.29, 1.82) is 0 Å². The van der Waals surface area contributed by atoms with E-state index in [0.717, 1.165) is 11.1 Å². The van der Waals surface area contributed by atoms with Crippen molar-refractivity contribution >= 4 is 28.3 Å². The van der Waals surface area contributed by atoms with Crippen LogP contribution < -0.4 is 10.3 Å². The Labute approximate surface area is 166 Å². The largest absolute Gasteiger partial charge is 0.505 e. The van der Waals surface area contributed by atoms with E-state index >= 15 is 0 Å². The van der Waals surface area contributed by atoms with Crippen LogP contribution in [-0.2, 0) is 0 Å². The number of rotatable bonds is 4. The third-order valence-corrected chi connectivity index (χ3v) is 4.94. The van der Waals surface area contributed by atoms with E-state index in [1.807, 2.05) is 43.3 Å². The molecule has 0 saturated carbocycles. The van der Waals surface area contributed by atoms with E-state index in [0.29, 0.717) is 16.9 Å². The molecule has 0 spiro atoms. The maximum Gasteiger partial charge on any atom is 0.272 e. The maximum atomic E-state index is 14.8. The number of phenols is 1. The number of pyridine rings is 2. The fourth-order valence-electron chi connectivity index (χ4n) is 3.25. The van der Waals surface area contributed by atoms with Gasteiger partial charge in [-0.1, -0.05) is 35.9 Å². The highest BCUT2D eigenvalue weighted by Gasteiger charge is 2.28. The van der Waals surface area contributed by atoms with Gasteiger partial charge in [0.25, 0.3) is 5.82 Å². The second kappa shape index (κ2) is 7.44. The van der Waals surface area contributed by atoms with Crippen molar-refractivity contribution in [2.75, 3.05) is 5.32 Å². The van der Waals surface area contributed by atoms with Crippen molar-refractivity contribution in [1.82, 2.24) is 4.98 Å². The zero-order valence-corrected chi connectivity index (χ0v) is 15.8. The van der Waals surface area contributed by atoms with Gasteiger partial charge in [-0.2, -0.15) is 0 Å². The van der Waals surface area contributed by atoms with Crippen LogP contribution in [0.3, 0.4) is 0 Å². The van der Waals surface area contributed by atoms with Gasteiger partial charge >= 0.3 is 0 Å². The highest BCUT2D eigenvalue weighted by molar-refractivity contribution is 6.31. The predicted octanol–water partition coefficient (Wildman–Crippen LogP) is 5.06. The topological polar surface area (TPSA) is 59.3 Å². The summed E-state index contributed by atoms with van der Waals surface area (Å²) >= 11 is 6.35. The number of phenolic OH excluding ortho intramolecular Hbond substituents is 1. The molecule has 0 radical (unpaired) electrons. The van der Waals surface area contributed by atoms with Gasteiger partial charge in [0.15, 0.2) is 6.04 Å². The van der Waals surface area contributed by atoms with Gasteiger partial charge in [-0.3, -0.25) is 5.32 Å². The Morgan fingerprint density at radius 1 is 1.07 bits per heavy atom. The standard InChI is InChI=1S/C22H17ClFN3O/c1-13-8-9-14-10-11-15(22(28)20(14)26-13)21(27-18-7-2-3-12-25-18)19-16(23)5-4-6-17(19)24/h2-12,21,28H,1H3,(H,25,27)/p+1/t21-/m1/s1. The third-order valence-electron chi connectivity index (χ3n) is 4.61. The van der Waals surface area contributed by atoms with E-state index in [1.165, 1.54) is 6.07 Å². The molecule has 140 valence electrons. The molecule has 0 aliphatic rings. The van der Waals surface area contributed by atoms with Crippen molar-refractivity contribution in [3.05, 3.63) is 94.5 Å². The number of aromatic hydroxyl groups is 1. The first-order chi connectivity index (χ1) is 13.5. The normalized spacial score (nSPS) is 12.1. The van der Waals surface area contributed by atoms with Crippen molar-refractivity contribution < 1.29 is 14.5 Å². The summed E-state index contributed by atoms with van der Waals surface area (Å²) in [5.74, 6) is 0.190. The summed E-state index contributed by atoms with van der Waals surface area (Å²) in [6.45, 7) is 1.86. The van der Waals surface area contributed by atoms with Crippen molar-refractivity contribution in [2.45, 2.75) is 13.0 Å². The lowest BCUT2D eigenvalue weighted by atomic mass is 9.95. The second-order valence-electron chi connectivity index (χ2n) is 6.52. The fraction of sp³-hybridized carbons (Fsp3) is 0.0909. The summed E-state index contributed by atoms with van der Waals surface area (Å²) in [6.07, 6.45) is 1.76. The molecule has 28 heavy (non-hydrogen) atoms. The molecular weight excluding hydrogens is 377 g/mol. The van der Waals surface area contributed by atoms with Crippen molar-refractivity contribution in [3.63, 3.8) is 0 Å². The number of aryl methyl sites for hydroxylation is 1. The van der Waals surface area contributed by atoms with Gasteiger partial charge in [-0.25, -0.2) is 14.4 Å². The van der Waals surface area contributed by atoms with E-state index in [2.05, 4.69) is 15.3 Å². The van der Waals surface area contributed by atoms with Gasteiger partial charge in [0.1, 0.15) is 17.1 Å². The number of hydrogen-bond donors (Lipinski definition) is 2. The number of aromatic nitrogens is 2. The lowest BCUT2D eigenvalue weighted by Gasteiger charge is -2.19. The first kappa shape index (κ1) is 18.2. The van der Waals surface area contributed by atoms with Crippen LogP contribution in [0.2, 0.25) is 5.02 Å². The number of anilines is 1. The molecule has 6 heteroatoms. The number of benzene rings is 2. The Hall–Kier alpha value is -3.18. The van der Waals surface area contributed by atoms with Crippen molar-refractivity contribution in [3.8, 4) is 5.75 Å². The Morgan fingerprint density at radius 3 is 2.64 bits per heavy atom. The number of nitrogens with one attached hydrogen (secondary N) is 2. The molecule has 4 nitrogen and oxygen atoms in total. The van der Waals surface area contributed by atoms with Gasteiger partial charge in [0.2, 0.25) is 0 Å². The molecule has 0 unspecified atom stereocenters. The number of hydrogen-bond acceptors (Lipinski definition) is 3. The minimum Gasteiger partial charge on any atom is -0.505 e. The van der Waals surface area contributed by atoms with Gasteiger partial charge < -0.3 is 5.11 Å². The lowest BCUT2D eigenvalue weighted by Crippen LogP contribution is -2.20. The molecule has 0 fully saturated rings. The van der Waals surface area contributed by atoms with Crippen LogP contribution in [-0.4, -0.2) is 10.1 Å². The molecule has 4 aromatic rings. The highest BCUT2D eigenvalue weighted by atomic mass is 35.5. The highest BCUT2D eigenvalue weighted by Crippen LogP contribution is 2.39. The summed E-state index contributed by atoms with van der Waals surface area (Å²) in [5, 5.41) is 15.3. The number of aromatic amines is 1. The van der Waals surface area contributed by atoms with Crippen LogP contribution in [0, 0.1) is 12.7 Å². The molecular formula is C22H18ClFN3O+. The van der Waals surface area contributed by atoms with E-state index < -0.39 is 11.9 Å². The number of fused-ring (bicyclic) bond motifs is 1. The average molecular weight is 395 g/mol. The number of nitrogens with zero attached hydrogens (tertiary/aromatic N) is 1. The first-order valence-electron chi connectivity index (χ1n) is 8.81. The van der Waals surface area contributed by atoms with E-state index in [9.17, 15) is 9.50 Å². The van der Waals surface area contributed by atoms with Crippen LogP contribution in [0.1, 0.15) is 22.9 Å². The smallest absolute Gasteiger partial charge is 0.272 e. The zero-order valence-electron chi connectivity index (χ0n) is 15.1. The van der Waals surface area contributed by atoms with E-state index in [1.54, 1.807) is 24.4 Å². The zero-order chi connectivity index (χ0) is 19.7. The third kappa shape index (κ3) is 3.37. The summed E-state index contributed by atoms with van der Waals surface area (Å²) in [6, 6.07) is 16.7. The lowest BCUT2D eigenvalue weighted by molar-refractivity contribution is -0.361. The Balaban J connectivity index is 1.93. The Morgan fingerprint density at radius 2 is 1.89 bits per heavy atom. The average Bonchev–Trinajstić information content (AvgIpc) is 2.69. The SMILES string of the molecule is Cc1ccc2ccc([C@@H](Nc3cccc[nH+]3)c3c(F)cccc3Cl)c(O)c2n1. The molecule has 2 aromatic heterocycles. The molecule has 0 amide bonds. The molecule has 1 atom stereocenters. The quantitative estimate of drug-likeness (QED) is 0.508. The van der Waals surface area contributed by atoms with Gasteiger partial charge in [0.05, 0.1) is 16.8 Å². The monoisotopic (exact) mass is 394 g/mol. The van der Waals surface area contributed by atoms with Crippen molar-refractivity contribution in [2.24, 2.45) is 0 Å². The van der Waals surface area contributed by atoms with E-state index in [4.69, 9.17) is 11.6 Å². The molecule has 2 heterocycles. The summed E-state index contributed by atoms with van der Waals surface area (Å²) in [4.78, 5) is 7.52. The minimum absolute atomic E-state index is 0.00560. The van der Waals surface area contributed by atoms with Gasteiger partial charge in [-0.05, 0) is 37.3 Å². The molecule has 2 aromatic carbocycles. The summed E-state index contributed by atoms with van der Waals surface area (Å²) < 4.78 is 14.8. The van der Waals surface area contributed by atoms with Crippen LogP contribution >= 0.6 is 11.6 Å². The predicted molar refractivity (Wildman–Crippen MR) is 108 cm³/mol. The summed E-state index contributed by atoms with van der Waals surface area (Å²) in [5.41, 5.74) is 1.98.